The van der Waals surface area contributed by atoms with Crippen molar-refractivity contribution in [2.75, 3.05) is 0 Å². The second-order valence-electron chi connectivity index (χ2n) is 2.42. The van der Waals surface area contributed by atoms with Gasteiger partial charge in [0.2, 0.25) is 0 Å². The molecule has 2 aromatic rings. The van der Waals surface area contributed by atoms with Crippen LogP contribution in [0.15, 0.2) is 24.5 Å². The van der Waals surface area contributed by atoms with Crippen LogP contribution in [0, 0.1) is 6.92 Å². The summed E-state index contributed by atoms with van der Waals surface area (Å²) in [6.45, 7) is 10.1. The summed E-state index contributed by atoms with van der Waals surface area (Å²) in [5.74, 6) is 0. The second kappa shape index (κ2) is 7.13. The van der Waals surface area contributed by atoms with Crippen LogP contribution in [0.2, 0.25) is 0 Å². The van der Waals surface area contributed by atoms with Crippen molar-refractivity contribution >= 4 is 11.0 Å². The van der Waals surface area contributed by atoms with E-state index in [4.69, 9.17) is 0 Å². The van der Waals surface area contributed by atoms with Crippen molar-refractivity contribution in [3.05, 3.63) is 30.1 Å². The number of nitrogens with one attached hydrogen (secondary N) is 1. The number of aromatic nitrogens is 2. The van der Waals surface area contributed by atoms with Crippen molar-refractivity contribution < 1.29 is 0 Å². The van der Waals surface area contributed by atoms with Crippen LogP contribution < -0.4 is 0 Å². The summed E-state index contributed by atoms with van der Waals surface area (Å²) in [6.07, 6.45) is 1.71. The van der Waals surface area contributed by atoms with E-state index in [9.17, 15) is 0 Å². The summed E-state index contributed by atoms with van der Waals surface area (Å²) in [4.78, 5) is 7.15. The molecule has 0 saturated carbocycles. The predicted octanol–water partition coefficient (Wildman–Crippen LogP) is 3.92. The van der Waals surface area contributed by atoms with Crippen LogP contribution in [0.5, 0.6) is 0 Å². The Labute approximate surface area is 86.4 Å². The largest absolute Gasteiger partial charge is 0.345 e. The summed E-state index contributed by atoms with van der Waals surface area (Å²) in [5, 5.41) is 0. The second-order valence-corrected chi connectivity index (χ2v) is 2.42. The Kier molecular flexibility index (Phi) is 6.46. The van der Waals surface area contributed by atoms with E-state index in [0.717, 1.165) is 11.0 Å². The molecule has 2 heteroatoms. The van der Waals surface area contributed by atoms with Crippen molar-refractivity contribution in [3.8, 4) is 0 Å². The molecule has 14 heavy (non-hydrogen) atoms. The van der Waals surface area contributed by atoms with Gasteiger partial charge < -0.3 is 4.98 Å². The monoisotopic (exact) mass is 192 g/mol. The van der Waals surface area contributed by atoms with Crippen molar-refractivity contribution in [1.29, 1.82) is 0 Å². The molecule has 1 aromatic carbocycles. The molecule has 0 aliphatic rings. The highest BCUT2D eigenvalue weighted by molar-refractivity contribution is 5.74. The van der Waals surface area contributed by atoms with Crippen LogP contribution in [0.1, 0.15) is 33.3 Å². The van der Waals surface area contributed by atoms with E-state index in [-0.39, 0.29) is 0 Å². The molecule has 1 aromatic heterocycles. The van der Waals surface area contributed by atoms with Gasteiger partial charge in [-0.1, -0.05) is 33.8 Å². The van der Waals surface area contributed by atoms with Gasteiger partial charge in [0.05, 0.1) is 17.4 Å². The van der Waals surface area contributed by atoms with Gasteiger partial charge >= 0.3 is 0 Å². The third kappa shape index (κ3) is 3.21. The number of nitrogens with zero attached hydrogens (tertiary/aromatic N) is 1. The quantitative estimate of drug-likeness (QED) is 0.673. The fourth-order valence-electron chi connectivity index (χ4n) is 1.05. The van der Waals surface area contributed by atoms with Gasteiger partial charge in [0.1, 0.15) is 0 Å². The fraction of sp³-hybridized carbons (Fsp3) is 0.417. The Bertz CT molecular complexity index is 350. The van der Waals surface area contributed by atoms with E-state index in [0.29, 0.717) is 0 Å². The standard InChI is InChI=1S/C8H8N2.2C2H6/c1-6-2-3-7-8(4-6)10-5-9-7;2*1-2/h2-5H,1H3,(H,9,10);2*1-2H3. The molecule has 0 amide bonds. The minimum absolute atomic E-state index is 1.03. The lowest BCUT2D eigenvalue weighted by atomic mass is 10.2. The maximum absolute atomic E-state index is 4.10. The highest BCUT2D eigenvalue weighted by Crippen LogP contribution is 2.09. The number of aryl methyl sites for hydroxylation is 1. The van der Waals surface area contributed by atoms with Crippen molar-refractivity contribution in [3.63, 3.8) is 0 Å². The first-order valence-electron chi connectivity index (χ1n) is 5.26. The van der Waals surface area contributed by atoms with Crippen LogP contribution in [-0.2, 0) is 0 Å². The van der Waals surface area contributed by atoms with Crippen LogP contribution in [0.4, 0.5) is 0 Å². The van der Waals surface area contributed by atoms with E-state index < -0.39 is 0 Å². The molecule has 0 spiro atoms. The molecular weight excluding hydrogens is 172 g/mol. The van der Waals surface area contributed by atoms with E-state index in [1.54, 1.807) is 6.33 Å². The van der Waals surface area contributed by atoms with Gasteiger partial charge in [-0.2, -0.15) is 0 Å². The van der Waals surface area contributed by atoms with Crippen molar-refractivity contribution in [2.24, 2.45) is 0 Å². The minimum atomic E-state index is 1.03. The van der Waals surface area contributed by atoms with Crippen LogP contribution >= 0.6 is 0 Å². The number of H-pyrrole nitrogens is 1. The average molecular weight is 192 g/mol. The van der Waals surface area contributed by atoms with Gasteiger partial charge in [-0.25, -0.2) is 4.98 Å². The average Bonchev–Trinajstić information content (AvgIpc) is 2.71. The summed E-state index contributed by atoms with van der Waals surface area (Å²) in [7, 11) is 0. The highest BCUT2D eigenvalue weighted by Gasteiger charge is 1.92. The normalized spacial score (nSPS) is 8.36. The molecule has 0 atom stereocenters. The minimum Gasteiger partial charge on any atom is -0.345 e. The van der Waals surface area contributed by atoms with E-state index >= 15 is 0 Å². The zero-order valence-corrected chi connectivity index (χ0v) is 9.76. The van der Waals surface area contributed by atoms with E-state index in [2.05, 4.69) is 29.0 Å². The summed E-state index contributed by atoms with van der Waals surface area (Å²) in [6, 6.07) is 6.16. The topological polar surface area (TPSA) is 28.7 Å². The van der Waals surface area contributed by atoms with Crippen molar-refractivity contribution in [2.45, 2.75) is 34.6 Å². The van der Waals surface area contributed by atoms with Crippen LogP contribution in [-0.4, -0.2) is 9.97 Å². The molecule has 0 saturated heterocycles. The van der Waals surface area contributed by atoms with E-state index in [1.807, 2.05) is 33.8 Å². The zero-order chi connectivity index (χ0) is 11.0. The van der Waals surface area contributed by atoms with Gasteiger partial charge in [-0.05, 0) is 24.6 Å². The number of imidazole rings is 1. The molecule has 0 bridgehead atoms. The number of hydrogen-bond acceptors (Lipinski definition) is 1. The first kappa shape index (κ1) is 12.7. The van der Waals surface area contributed by atoms with Gasteiger partial charge in [0.25, 0.3) is 0 Å². The molecule has 1 heterocycles. The molecule has 2 rings (SSSR count). The molecule has 0 radical (unpaired) electrons. The summed E-state index contributed by atoms with van der Waals surface area (Å²) >= 11 is 0. The number of rotatable bonds is 0. The Morgan fingerprint density at radius 1 is 1.07 bits per heavy atom. The number of fused-ring (bicyclic) bond motifs is 1. The Balaban J connectivity index is 0.000000379. The summed E-state index contributed by atoms with van der Waals surface area (Å²) < 4.78 is 0. The lowest BCUT2D eigenvalue weighted by Crippen LogP contribution is -1.71. The maximum atomic E-state index is 4.10. The first-order valence-corrected chi connectivity index (χ1v) is 5.26. The van der Waals surface area contributed by atoms with E-state index in [1.165, 1.54) is 5.56 Å². The molecule has 0 aliphatic heterocycles. The first-order chi connectivity index (χ1) is 6.86. The number of aromatic amines is 1. The maximum Gasteiger partial charge on any atom is 0.0931 e. The number of benzene rings is 1. The van der Waals surface area contributed by atoms with Gasteiger partial charge in [-0.3, -0.25) is 0 Å². The number of hydrogen-bond donors (Lipinski definition) is 1. The van der Waals surface area contributed by atoms with Crippen LogP contribution in [0.25, 0.3) is 11.0 Å². The summed E-state index contributed by atoms with van der Waals surface area (Å²) in [5.41, 5.74) is 3.40. The van der Waals surface area contributed by atoms with Gasteiger partial charge in [0.15, 0.2) is 0 Å². The Morgan fingerprint density at radius 3 is 2.36 bits per heavy atom. The predicted molar refractivity (Wildman–Crippen MR) is 63.5 cm³/mol. The lowest BCUT2D eigenvalue weighted by Gasteiger charge is -1.89. The molecule has 1 N–H and O–H groups in total. The van der Waals surface area contributed by atoms with Crippen molar-refractivity contribution in [1.82, 2.24) is 9.97 Å². The zero-order valence-electron chi connectivity index (χ0n) is 9.76. The Morgan fingerprint density at radius 2 is 1.71 bits per heavy atom. The third-order valence-electron chi connectivity index (χ3n) is 1.58. The molecular formula is C12H20N2. The highest BCUT2D eigenvalue weighted by atomic mass is 14.9. The van der Waals surface area contributed by atoms with Crippen LogP contribution in [0.3, 0.4) is 0 Å². The smallest absolute Gasteiger partial charge is 0.0931 e. The van der Waals surface area contributed by atoms with Gasteiger partial charge in [-0.15, -0.1) is 0 Å². The SMILES string of the molecule is CC.CC.Cc1ccc2nc[nH]c2c1. The molecule has 2 nitrogen and oxygen atoms in total. The van der Waals surface area contributed by atoms with Gasteiger partial charge in [0, 0.05) is 0 Å². The molecule has 78 valence electrons. The fourth-order valence-corrected chi connectivity index (χ4v) is 1.05. The molecule has 0 unspecified atom stereocenters. The molecule has 0 fully saturated rings. The molecule has 0 aliphatic carbocycles. The lowest BCUT2D eigenvalue weighted by molar-refractivity contribution is 1.34. The third-order valence-corrected chi connectivity index (χ3v) is 1.58. The Hall–Kier alpha value is -1.31.